The van der Waals surface area contributed by atoms with Gasteiger partial charge < -0.3 is 16.0 Å². The monoisotopic (exact) mass is 297 g/mol. The van der Waals surface area contributed by atoms with Crippen molar-refractivity contribution < 1.29 is 4.79 Å². The van der Waals surface area contributed by atoms with Crippen LogP contribution in [0.15, 0.2) is 11.2 Å². The van der Waals surface area contributed by atoms with Gasteiger partial charge in [0, 0.05) is 18.7 Å². The normalized spacial score (nSPS) is 10.4. The van der Waals surface area contributed by atoms with E-state index in [1.54, 1.807) is 0 Å². The van der Waals surface area contributed by atoms with Crippen LogP contribution in [0.4, 0.5) is 11.6 Å². The van der Waals surface area contributed by atoms with Crippen molar-refractivity contribution in [1.29, 1.82) is 0 Å². The summed E-state index contributed by atoms with van der Waals surface area (Å²) in [6.07, 6.45) is 2.95. The van der Waals surface area contributed by atoms with E-state index in [1.807, 2.05) is 26.2 Å². The van der Waals surface area contributed by atoms with Crippen molar-refractivity contribution in [3.63, 3.8) is 0 Å². The highest BCUT2D eigenvalue weighted by atomic mass is 32.2. The minimum absolute atomic E-state index is 0.0487. The molecule has 0 fully saturated rings. The molecule has 3 N–H and O–H groups in total. The summed E-state index contributed by atoms with van der Waals surface area (Å²) in [5.41, 5.74) is 0. The summed E-state index contributed by atoms with van der Waals surface area (Å²) >= 11 is 1.47. The molecule has 0 saturated heterocycles. The molecule has 0 aliphatic heterocycles. The van der Waals surface area contributed by atoms with Crippen molar-refractivity contribution in [3.8, 4) is 0 Å². The molecule has 0 atom stereocenters. The molecule has 0 saturated carbocycles. The van der Waals surface area contributed by atoms with Crippen LogP contribution in [0.3, 0.4) is 0 Å². The van der Waals surface area contributed by atoms with Crippen LogP contribution in [0, 0.1) is 0 Å². The number of nitrogens with zero attached hydrogens (tertiary/aromatic N) is 2. The molecule has 0 aliphatic rings. The second kappa shape index (κ2) is 8.63. The minimum atomic E-state index is -0.0487. The Morgan fingerprint density at radius 1 is 1.30 bits per heavy atom. The van der Waals surface area contributed by atoms with Gasteiger partial charge in [-0.3, -0.25) is 4.79 Å². The molecule has 20 heavy (non-hydrogen) atoms. The molecule has 112 valence electrons. The maximum Gasteiger partial charge on any atom is 0.239 e. The van der Waals surface area contributed by atoms with E-state index in [0.29, 0.717) is 11.0 Å². The highest BCUT2D eigenvalue weighted by molar-refractivity contribution is 7.98. The smallest absolute Gasteiger partial charge is 0.239 e. The lowest BCUT2D eigenvalue weighted by molar-refractivity contribution is -0.119. The van der Waals surface area contributed by atoms with E-state index < -0.39 is 0 Å². The Morgan fingerprint density at radius 3 is 2.50 bits per heavy atom. The van der Waals surface area contributed by atoms with Crippen LogP contribution in [0.5, 0.6) is 0 Å². The molecule has 7 heteroatoms. The number of hydrogen-bond donors (Lipinski definition) is 3. The predicted octanol–water partition coefficient (Wildman–Crippen LogP) is 1.96. The van der Waals surface area contributed by atoms with Crippen molar-refractivity contribution in [2.45, 2.75) is 38.4 Å². The van der Waals surface area contributed by atoms with Crippen LogP contribution >= 0.6 is 11.8 Å². The van der Waals surface area contributed by atoms with Crippen molar-refractivity contribution >= 4 is 29.3 Å². The molecule has 1 aromatic heterocycles. The number of rotatable bonds is 8. The van der Waals surface area contributed by atoms with Crippen LogP contribution in [-0.2, 0) is 4.79 Å². The Kier molecular flexibility index (Phi) is 7.14. The zero-order chi connectivity index (χ0) is 15.0. The van der Waals surface area contributed by atoms with Gasteiger partial charge >= 0.3 is 0 Å². The average Bonchev–Trinajstić information content (AvgIpc) is 2.42. The first kappa shape index (κ1) is 16.6. The van der Waals surface area contributed by atoms with Gasteiger partial charge in [0.15, 0.2) is 5.16 Å². The third kappa shape index (κ3) is 6.10. The topological polar surface area (TPSA) is 78.9 Å². The number of anilines is 2. The van der Waals surface area contributed by atoms with E-state index in [0.717, 1.165) is 18.8 Å². The van der Waals surface area contributed by atoms with Crippen LogP contribution in [0.25, 0.3) is 0 Å². The van der Waals surface area contributed by atoms with Crippen LogP contribution in [0.2, 0.25) is 0 Å². The maximum atomic E-state index is 11.6. The van der Waals surface area contributed by atoms with E-state index in [9.17, 15) is 4.79 Å². The molecule has 0 spiro atoms. The van der Waals surface area contributed by atoms with Gasteiger partial charge in [-0.05, 0) is 26.5 Å². The first-order valence-corrected chi connectivity index (χ1v) is 7.97. The Bertz CT molecular complexity index is 439. The molecule has 0 unspecified atom stereocenters. The number of thioether (sulfide) groups is 1. The van der Waals surface area contributed by atoms with Gasteiger partial charge in [-0.15, -0.1) is 0 Å². The van der Waals surface area contributed by atoms with Gasteiger partial charge in [-0.1, -0.05) is 18.7 Å². The van der Waals surface area contributed by atoms with Crippen molar-refractivity contribution in [3.05, 3.63) is 6.07 Å². The van der Waals surface area contributed by atoms with Crippen molar-refractivity contribution in [1.82, 2.24) is 15.3 Å². The molecular formula is C13H23N5OS. The second-order valence-electron chi connectivity index (χ2n) is 4.63. The number of nitrogens with one attached hydrogen (secondary N) is 3. The Balaban J connectivity index is 2.65. The fourth-order valence-electron chi connectivity index (χ4n) is 1.49. The molecule has 1 rings (SSSR count). The van der Waals surface area contributed by atoms with Gasteiger partial charge in [-0.2, -0.15) is 0 Å². The third-order valence-corrected chi connectivity index (χ3v) is 2.87. The summed E-state index contributed by atoms with van der Waals surface area (Å²) in [5, 5.41) is 9.75. The summed E-state index contributed by atoms with van der Waals surface area (Å²) in [6.45, 7) is 7.02. The quantitative estimate of drug-likeness (QED) is 0.503. The third-order valence-electron chi connectivity index (χ3n) is 2.32. The van der Waals surface area contributed by atoms with Gasteiger partial charge in [0.2, 0.25) is 5.91 Å². The minimum Gasteiger partial charge on any atom is -0.370 e. The lowest BCUT2D eigenvalue weighted by atomic mass is 10.4. The number of hydrogen-bond acceptors (Lipinski definition) is 6. The molecule has 1 amide bonds. The lowest BCUT2D eigenvalue weighted by Crippen LogP contribution is -2.35. The van der Waals surface area contributed by atoms with Crippen molar-refractivity contribution in [2.24, 2.45) is 0 Å². The highest BCUT2D eigenvalue weighted by Gasteiger charge is 2.06. The van der Waals surface area contributed by atoms with Crippen molar-refractivity contribution in [2.75, 3.05) is 30.0 Å². The Hall–Kier alpha value is -1.50. The SMILES string of the molecule is CCCNc1cc(NCC(=O)NC(C)C)nc(SC)n1. The number of carbonyl (C=O) groups excluding carboxylic acids is 1. The first-order chi connectivity index (χ1) is 9.55. The fourth-order valence-corrected chi connectivity index (χ4v) is 1.87. The molecule has 1 aromatic rings. The number of aromatic nitrogens is 2. The van der Waals surface area contributed by atoms with E-state index in [-0.39, 0.29) is 18.5 Å². The van der Waals surface area contributed by atoms with Crippen LogP contribution in [0.1, 0.15) is 27.2 Å². The highest BCUT2D eigenvalue weighted by Crippen LogP contribution is 2.17. The van der Waals surface area contributed by atoms with E-state index >= 15 is 0 Å². The molecule has 0 radical (unpaired) electrons. The Labute approximate surface area is 124 Å². The van der Waals surface area contributed by atoms with Gasteiger partial charge in [0.05, 0.1) is 6.54 Å². The van der Waals surface area contributed by atoms with Gasteiger partial charge in [0.25, 0.3) is 0 Å². The van der Waals surface area contributed by atoms with Gasteiger partial charge in [0.1, 0.15) is 11.6 Å². The average molecular weight is 297 g/mol. The summed E-state index contributed by atoms with van der Waals surface area (Å²) < 4.78 is 0. The Morgan fingerprint density at radius 2 is 1.95 bits per heavy atom. The standard InChI is InChI=1S/C13H23N5OS/c1-5-6-14-10-7-11(18-13(17-10)20-4)15-8-12(19)16-9(2)3/h7,9H,5-6,8H2,1-4H3,(H,16,19)(H2,14,15,17,18). The number of carbonyl (C=O) groups is 1. The zero-order valence-electron chi connectivity index (χ0n) is 12.5. The summed E-state index contributed by atoms with van der Waals surface area (Å²) in [5.74, 6) is 1.38. The molecule has 1 heterocycles. The lowest BCUT2D eigenvalue weighted by Gasteiger charge is -2.11. The van der Waals surface area contributed by atoms with E-state index in [4.69, 9.17) is 0 Å². The summed E-state index contributed by atoms with van der Waals surface area (Å²) in [6, 6.07) is 1.95. The molecule has 0 aromatic carbocycles. The largest absolute Gasteiger partial charge is 0.370 e. The first-order valence-electron chi connectivity index (χ1n) is 6.75. The zero-order valence-corrected chi connectivity index (χ0v) is 13.3. The fraction of sp³-hybridized carbons (Fsp3) is 0.615. The number of amides is 1. The summed E-state index contributed by atoms with van der Waals surface area (Å²) in [7, 11) is 0. The van der Waals surface area contributed by atoms with Crippen LogP contribution in [-0.4, -0.2) is 41.3 Å². The molecule has 6 nitrogen and oxygen atoms in total. The predicted molar refractivity (Wildman–Crippen MR) is 84.4 cm³/mol. The molecule has 0 aliphatic carbocycles. The summed E-state index contributed by atoms with van der Waals surface area (Å²) in [4.78, 5) is 20.3. The van der Waals surface area contributed by atoms with Crippen LogP contribution < -0.4 is 16.0 Å². The molecular weight excluding hydrogens is 274 g/mol. The van der Waals surface area contributed by atoms with Gasteiger partial charge in [-0.25, -0.2) is 9.97 Å². The van der Waals surface area contributed by atoms with E-state index in [2.05, 4.69) is 32.8 Å². The second-order valence-corrected chi connectivity index (χ2v) is 5.40. The van der Waals surface area contributed by atoms with E-state index in [1.165, 1.54) is 11.8 Å². The maximum absolute atomic E-state index is 11.6. The molecule has 0 bridgehead atoms.